The number of nitrogens with two attached hydrogens (primary N) is 1. The van der Waals surface area contributed by atoms with Gasteiger partial charge in [0.25, 0.3) is 0 Å². The van der Waals surface area contributed by atoms with E-state index in [1.165, 1.54) is 77.3 Å². The average Bonchev–Trinajstić information content (AvgIpc) is 2.83. The van der Waals surface area contributed by atoms with Crippen LogP contribution < -0.4 is 5.73 Å². The molecule has 0 aromatic rings. The summed E-state index contributed by atoms with van der Waals surface area (Å²) in [7, 11) is 0. The Bertz CT molecular complexity index is 298. The second kappa shape index (κ2) is 5.37. The summed E-state index contributed by atoms with van der Waals surface area (Å²) in [4.78, 5) is 2.79. The molecule has 3 fully saturated rings. The molecular formula is C17H32N2. The quantitative estimate of drug-likeness (QED) is 0.826. The Hall–Kier alpha value is -0.0800. The molecule has 19 heavy (non-hydrogen) atoms. The first-order valence-electron chi connectivity index (χ1n) is 8.63. The molecule has 2 saturated carbocycles. The topological polar surface area (TPSA) is 29.3 Å². The molecule has 2 unspecified atom stereocenters. The molecule has 2 nitrogen and oxygen atoms in total. The molecule has 2 heteroatoms. The molecule has 110 valence electrons. The van der Waals surface area contributed by atoms with Crippen LogP contribution in [0.4, 0.5) is 0 Å². The molecule has 2 atom stereocenters. The van der Waals surface area contributed by atoms with Crippen LogP contribution in [0.5, 0.6) is 0 Å². The number of hydrogen-bond acceptors (Lipinski definition) is 2. The van der Waals surface area contributed by atoms with Gasteiger partial charge in [-0.2, -0.15) is 0 Å². The summed E-state index contributed by atoms with van der Waals surface area (Å²) in [5.41, 5.74) is 7.29. The van der Waals surface area contributed by atoms with Gasteiger partial charge in [0.15, 0.2) is 0 Å². The Labute approximate surface area is 119 Å². The lowest BCUT2D eigenvalue weighted by molar-refractivity contribution is 0.00490. The van der Waals surface area contributed by atoms with Gasteiger partial charge in [-0.05, 0) is 69.4 Å². The van der Waals surface area contributed by atoms with Crippen molar-refractivity contribution in [2.75, 3.05) is 19.6 Å². The van der Waals surface area contributed by atoms with E-state index < -0.39 is 0 Å². The van der Waals surface area contributed by atoms with Crippen molar-refractivity contribution in [2.45, 2.75) is 76.7 Å². The predicted octanol–water partition coefficient (Wildman–Crippen LogP) is 3.55. The van der Waals surface area contributed by atoms with E-state index in [1.807, 2.05) is 0 Å². The maximum absolute atomic E-state index is 6.19. The summed E-state index contributed by atoms with van der Waals surface area (Å²) in [5.74, 6) is 0.883. The average molecular weight is 264 g/mol. The molecule has 0 radical (unpaired) electrons. The van der Waals surface area contributed by atoms with E-state index in [-0.39, 0.29) is 0 Å². The van der Waals surface area contributed by atoms with Gasteiger partial charge in [-0.1, -0.05) is 26.2 Å². The lowest BCUT2D eigenvalue weighted by Gasteiger charge is -2.50. The second-order valence-electron chi connectivity index (χ2n) is 7.82. The SMILES string of the molecule is CC1CCC(CN)(N2CCC3(CCCCC3)CC2)C1. The van der Waals surface area contributed by atoms with Crippen molar-refractivity contribution in [1.29, 1.82) is 0 Å². The summed E-state index contributed by atoms with van der Waals surface area (Å²) in [6.45, 7) is 5.93. The highest BCUT2D eigenvalue weighted by Crippen LogP contribution is 2.47. The fourth-order valence-electron chi connectivity index (χ4n) is 5.23. The highest BCUT2D eigenvalue weighted by Gasteiger charge is 2.45. The minimum atomic E-state index is 0.371. The van der Waals surface area contributed by atoms with Gasteiger partial charge in [0.1, 0.15) is 0 Å². The maximum Gasteiger partial charge on any atom is 0.0334 e. The Kier molecular flexibility index (Phi) is 3.92. The molecule has 2 aliphatic carbocycles. The van der Waals surface area contributed by atoms with Crippen molar-refractivity contribution >= 4 is 0 Å². The first kappa shape index (κ1) is 13.9. The molecule has 1 saturated heterocycles. The zero-order valence-corrected chi connectivity index (χ0v) is 12.8. The summed E-state index contributed by atoms with van der Waals surface area (Å²) < 4.78 is 0. The number of hydrogen-bond donors (Lipinski definition) is 1. The summed E-state index contributed by atoms with van der Waals surface area (Å²) in [6, 6.07) is 0. The van der Waals surface area contributed by atoms with Crippen LogP contribution >= 0.6 is 0 Å². The monoisotopic (exact) mass is 264 g/mol. The van der Waals surface area contributed by atoms with Gasteiger partial charge in [-0.15, -0.1) is 0 Å². The summed E-state index contributed by atoms with van der Waals surface area (Å²) in [5, 5.41) is 0. The third-order valence-corrected chi connectivity index (χ3v) is 6.62. The van der Waals surface area contributed by atoms with Crippen LogP contribution in [-0.4, -0.2) is 30.1 Å². The van der Waals surface area contributed by atoms with Crippen LogP contribution in [0.15, 0.2) is 0 Å². The third-order valence-electron chi connectivity index (χ3n) is 6.62. The van der Waals surface area contributed by atoms with Gasteiger partial charge < -0.3 is 5.73 Å². The number of likely N-dealkylation sites (tertiary alicyclic amines) is 1. The van der Waals surface area contributed by atoms with Gasteiger partial charge in [0, 0.05) is 12.1 Å². The molecule has 0 aromatic heterocycles. The van der Waals surface area contributed by atoms with E-state index in [0.29, 0.717) is 5.54 Å². The highest BCUT2D eigenvalue weighted by molar-refractivity contribution is 5.01. The van der Waals surface area contributed by atoms with E-state index in [4.69, 9.17) is 5.73 Å². The maximum atomic E-state index is 6.19. The van der Waals surface area contributed by atoms with Crippen LogP contribution in [0.1, 0.15) is 71.1 Å². The van der Waals surface area contributed by atoms with Crippen molar-refractivity contribution in [1.82, 2.24) is 4.90 Å². The van der Waals surface area contributed by atoms with Crippen molar-refractivity contribution < 1.29 is 0 Å². The van der Waals surface area contributed by atoms with E-state index in [9.17, 15) is 0 Å². The van der Waals surface area contributed by atoms with Gasteiger partial charge >= 0.3 is 0 Å². The van der Waals surface area contributed by atoms with Gasteiger partial charge in [0.2, 0.25) is 0 Å². The Balaban J connectivity index is 1.63. The van der Waals surface area contributed by atoms with Gasteiger partial charge in [-0.25, -0.2) is 0 Å². The molecule has 3 aliphatic rings. The third kappa shape index (κ3) is 2.58. The minimum Gasteiger partial charge on any atom is -0.329 e. The minimum absolute atomic E-state index is 0.371. The van der Waals surface area contributed by atoms with Gasteiger partial charge in [0.05, 0.1) is 0 Å². The fraction of sp³-hybridized carbons (Fsp3) is 1.00. The van der Waals surface area contributed by atoms with E-state index >= 15 is 0 Å². The Morgan fingerprint density at radius 3 is 2.21 bits per heavy atom. The molecule has 3 rings (SSSR count). The van der Waals surface area contributed by atoms with Crippen molar-refractivity contribution in [2.24, 2.45) is 17.1 Å². The largest absolute Gasteiger partial charge is 0.329 e. The van der Waals surface area contributed by atoms with E-state index in [2.05, 4.69) is 11.8 Å². The standard InChI is InChI=1S/C17H32N2/c1-15-5-8-17(13-15,14-18)19-11-9-16(10-12-19)6-3-2-4-7-16/h15H,2-14,18H2,1H3. The lowest BCUT2D eigenvalue weighted by atomic mass is 9.67. The van der Waals surface area contributed by atoms with E-state index in [1.54, 1.807) is 0 Å². The van der Waals surface area contributed by atoms with Crippen LogP contribution in [-0.2, 0) is 0 Å². The van der Waals surface area contributed by atoms with E-state index in [0.717, 1.165) is 17.9 Å². The number of piperidine rings is 1. The highest BCUT2D eigenvalue weighted by atomic mass is 15.2. The van der Waals surface area contributed by atoms with Crippen LogP contribution in [0.25, 0.3) is 0 Å². The molecule has 1 spiro atoms. The molecule has 0 bridgehead atoms. The zero-order valence-electron chi connectivity index (χ0n) is 12.8. The zero-order chi connectivity index (χ0) is 13.3. The molecule has 0 aromatic carbocycles. The molecule has 0 amide bonds. The molecule has 1 aliphatic heterocycles. The first-order chi connectivity index (χ1) is 9.18. The molecule has 2 N–H and O–H groups in total. The Morgan fingerprint density at radius 1 is 1.00 bits per heavy atom. The molecule has 1 heterocycles. The molecular weight excluding hydrogens is 232 g/mol. The second-order valence-corrected chi connectivity index (χ2v) is 7.82. The van der Waals surface area contributed by atoms with Crippen molar-refractivity contribution in [3.63, 3.8) is 0 Å². The van der Waals surface area contributed by atoms with Crippen molar-refractivity contribution in [3.05, 3.63) is 0 Å². The Morgan fingerprint density at radius 2 is 1.68 bits per heavy atom. The van der Waals surface area contributed by atoms with Crippen LogP contribution in [0.3, 0.4) is 0 Å². The van der Waals surface area contributed by atoms with Crippen molar-refractivity contribution in [3.8, 4) is 0 Å². The lowest BCUT2D eigenvalue weighted by Crippen LogP contribution is -2.56. The van der Waals surface area contributed by atoms with Crippen LogP contribution in [0, 0.1) is 11.3 Å². The predicted molar refractivity (Wildman–Crippen MR) is 81.1 cm³/mol. The summed E-state index contributed by atoms with van der Waals surface area (Å²) >= 11 is 0. The number of rotatable bonds is 2. The normalized spacial score (nSPS) is 39.8. The fourth-order valence-corrected chi connectivity index (χ4v) is 5.23. The number of nitrogens with zero attached hydrogens (tertiary/aromatic N) is 1. The van der Waals surface area contributed by atoms with Gasteiger partial charge in [-0.3, -0.25) is 4.90 Å². The summed E-state index contributed by atoms with van der Waals surface area (Å²) in [6.07, 6.45) is 14.4. The van der Waals surface area contributed by atoms with Crippen LogP contribution in [0.2, 0.25) is 0 Å². The smallest absolute Gasteiger partial charge is 0.0334 e. The first-order valence-corrected chi connectivity index (χ1v) is 8.63.